The van der Waals surface area contributed by atoms with Crippen LogP contribution in [0.15, 0.2) is 36.4 Å². The first-order valence-electron chi connectivity index (χ1n) is 5.65. The predicted octanol–water partition coefficient (Wildman–Crippen LogP) is 4.42. The molecule has 2 aromatic carbocycles. The molecule has 0 spiro atoms. The molecule has 0 aromatic heterocycles. The molecule has 0 aliphatic carbocycles. The van der Waals surface area contributed by atoms with E-state index in [0.717, 1.165) is 5.56 Å². The third-order valence-electron chi connectivity index (χ3n) is 2.77. The van der Waals surface area contributed by atoms with E-state index in [4.69, 9.17) is 0 Å². The van der Waals surface area contributed by atoms with Gasteiger partial charge in [0.05, 0.1) is 0 Å². The molecule has 5 heteroatoms. The molecule has 0 aliphatic rings. The lowest BCUT2D eigenvalue weighted by Gasteiger charge is -2.17. The molecule has 0 saturated heterocycles. The molecule has 0 aliphatic heterocycles. The van der Waals surface area contributed by atoms with Gasteiger partial charge in [0.25, 0.3) is 0 Å². The molecule has 2 aromatic rings. The summed E-state index contributed by atoms with van der Waals surface area (Å²) in [5.74, 6) is -5.72. The molecule has 1 N–H and O–H groups in total. The van der Waals surface area contributed by atoms with Crippen LogP contribution in [0.1, 0.15) is 18.5 Å². The van der Waals surface area contributed by atoms with Crippen molar-refractivity contribution < 1.29 is 17.6 Å². The maximum Gasteiger partial charge on any atom is 0.185 e. The first kappa shape index (κ1) is 13.4. The Morgan fingerprint density at radius 1 is 0.895 bits per heavy atom. The van der Waals surface area contributed by atoms with Crippen LogP contribution in [0.5, 0.6) is 0 Å². The third-order valence-corrected chi connectivity index (χ3v) is 2.77. The average Bonchev–Trinajstić information content (AvgIpc) is 2.42. The minimum absolute atomic E-state index is 0.184. The second-order valence-electron chi connectivity index (χ2n) is 4.12. The van der Waals surface area contributed by atoms with E-state index in [1.165, 1.54) is 0 Å². The van der Waals surface area contributed by atoms with E-state index in [1.54, 1.807) is 37.3 Å². The third kappa shape index (κ3) is 2.70. The summed E-state index contributed by atoms with van der Waals surface area (Å²) in [7, 11) is 0. The molecular formula is C14H11F4N. The maximum absolute atomic E-state index is 13.5. The maximum atomic E-state index is 13.5. The Kier molecular flexibility index (Phi) is 3.74. The van der Waals surface area contributed by atoms with Crippen LogP contribution in [-0.4, -0.2) is 0 Å². The van der Waals surface area contributed by atoms with Crippen molar-refractivity contribution in [2.75, 3.05) is 5.32 Å². The summed E-state index contributed by atoms with van der Waals surface area (Å²) in [4.78, 5) is 0. The summed E-state index contributed by atoms with van der Waals surface area (Å²) < 4.78 is 53.1. The fourth-order valence-corrected chi connectivity index (χ4v) is 1.74. The number of halogens is 4. The highest BCUT2D eigenvalue weighted by molar-refractivity contribution is 5.49. The van der Waals surface area contributed by atoms with Gasteiger partial charge in [-0.25, -0.2) is 17.6 Å². The summed E-state index contributed by atoms with van der Waals surface area (Å²) in [5, 5.41) is 2.45. The van der Waals surface area contributed by atoms with E-state index < -0.39 is 35.0 Å². The lowest BCUT2D eigenvalue weighted by Crippen LogP contribution is -2.11. The van der Waals surface area contributed by atoms with Crippen LogP contribution in [0.25, 0.3) is 0 Å². The van der Waals surface area contributed by atoms with Crippen molar-refractivity contribution in [3.8, 4) is 0 Å². The highest BCUT2D eigenvalue weighted by Crippen LogP contribution is 2.27. The number of hydrogen-bond donors (Lipinski definition) is 1. The van der Waals surface area contributed by atoms with Gasteiger partial charge in [-0.15, -0.1) is 0 Å². The van der Waals surface area contributed by atoms with Crippen molar-refractivity contribution in [2.24, 2.45) is 0 Å². The van der Waals surface area contributed by atoms with Gasteiger partial charge < -0.3 is 5.32 Å². The van der Waals surface area contributed by atoms with Gasteiger partial charge in [-0.1, -0.05) is 30.3 Å². The van der Waals surface area contributed by atoms with Gasteiger partial charge in [-0.3, -0.25) is 0 Å². The summed E-state index contributed by atoms with van der Waals surface area (Å²) in [6.07, 6.45) is 0. The average molecular weight is 269 g/mol. The van der Waals surface area contributed by atoms with Crippen molar-refractivity contribution in [1.82, 2.24) is 0 Å². The van der Waals surface area contributed by atoms with E-state index in [-0.39, 0.29) is 6.07 Å². The Morgan fingerprint density at radius 3 is 1.95 bits per heavy atom. The Morgan fingerprint density at radius 2 is 1.42 bits per heavy atom. The zero-order valence-corrected chi connectivity index (χ0v) is 10.1. The first-order valence-corrected chi connectivity index (χ1v) is 5.65. The van der Waals surface area contributed by atoms with E-state index >= 15 is 0 Å². The van der Waals surface area contributed by atoms with E-state index in [1.807, 2.05) is 0 Å². The molecule has 0 bridgehead atoms. The summed E-state index contributed by atoms with van der Waals surface area (Å²) >= 11 is 0. The molecule has 100 valence electrons. The molecule has 1 atom stereocenters. The Hall–Kier alpha value is -2.04. The topological polar surface area (TPSA) is 12.0 Å². The number of anilines is 1. The van der Waals surface area contributed by atoms with Crippen LogP contribution >= 0.6 is 0 Å². The molecule has 0 heterocycles. The molecule has 0 fully saturated rings. The summed E-state index contributed by atoms with van der Waals surface area (Å²) in [5.41, 5.74) is -0.0557. The first-order chi connectivity index (χ1) is 9.00. The molecular weight excluding hydrogens is 258 g/mol. The van der Waals surface area contributed by atoms with Gasteiger partial charge in [-0.05, 0) is 12.5 Å². The minimum atomic E-state index is -1.43. The van der Waals surface area contributed by atoms with Gasteiger partial charge in [0, 0.05) is 12.1 Å². The second kappa shape index (κ2) is 5.30. The quantitative estimate of drug-likeness (QED) is 0.642. The lowest BCUT2D eigenvalue weighted by atomic mass is 10.1. The van der Waals surface area contributed by atoms with Crippen molar-refractivity contribution in [3.63, 3.8) is 0 Å². The summed E-state index contributed by atoms with van der Waals surface area (Å²) in [6.45, 7) is 1.64. The Bertz CT molecular complexity index is 557. The van der Waals surface area contributed by atoms with Crippen LogP contribution in [0, 0.1) is 23.3 Å². The highest BCUT2D eigenvalue weighted by atomic mass is 19.2. The number of nitrogens with one attached hydrogen (secondary N) is 1. The smallest absolute Gasteiger partial charge is 0.185 e. The van der Waals surface area contributed by atoms with E-state index in [2.05, 4.69) is 5.32 Å². The zero-order chi connectivity index (χ0) is 14.0. The number of benzene rings is 2. The number of rotatable bonds is 3. The fourth-order valence-electron chi connectivity index (χ4n) is 1.74. The van der Waals surface area contributed by atoms with Crippen LogP contribution in [0.2, 0.25) is 0 Å². The van der Waals surface area contributed by atoms with Crippen LogP contribution in [-0.2, 0) is 0 Å². The van der Waals surface area contributed by atoms with Crippen LogP contribution in [0.4, 0.5) is 23.2 Å². The van der Waals surface area contributed by atoms with Gasteiger partial charge in [0.1, 0.15) is 5.69 Å². The monoisotopic (exact) mass is 269 g/mol. The SMILES string of the molecule is CC(Nc1c(F)c(F)cc(F)c1F)c1ccccc1. The van der Waals surface area contributed by atoms with Crippen LogP contribution < -0.4 is 5.32 Å². The minimum Gasteiger partial charge on any atom is -0.374 e. The fraction of sp³-hybridized carbons (Fsp3) is 0.143. The summed E-state index contributed by atoms with van der Waals surface area (Å²) in [6, 6.07) is 8.47. The lowest BCUT2D eigenvalue weighted by molar-refractivity contribution is 0.457. The van der Waals surface area contributed by atoms with Crippen molar-refractivity contribution in [1.29, 1.82) is 0 Å². The molecule has 1 unspecified atom stereocenters. The highest BCUT2D eigenvalue weighted by Gasteiger charge is 2.20. The predicted molar refractivity (Wildman–Crippen MR) is 64.8 cm³/mol. The van der Waals surface area contributed by atoms with E-state index in [9.17, 15) is 17.6 Å². The number of hydrogen-bond acceptors (Lipinski definition) is 1. The van der Waals surface area contributed by atoms with Gasteiger partial charge in [0.2, 0.25) is 0 Å². The normalized spacial score (nSPS) is 12.3. The van der Waals surface area contributed by atoms with Gasteiger partial charge in [-0.2, -0.15) is 0 Å². The molecule has 0 amide bonds. The van der Waals surface area contributed by atoms with Crippen molar-refractivity contribution in [2.45, 2.75) is 13.0 Å². The molecule has 2 rings (SSSR count). The van der Waals surface area contributed by atoms with Gasteiger partial charge in [0.15, 0.2) is 23.3 Å². The van der Waals surface area contributed by atoms with Crippen molar-refractivity contribution in [3.05, 3.63) is 65.2 Å². The van der Waals surface area contributed by atoms with E-state index in [0.29, 0.717) is 0 Å². The second-order valence-corrected chi connectivity index (χ2v) is 4.12. The Balaban J connectivity index is 2.34. The largest absolute Gasteiger partial charge is 0.374 e. The molecule has 1 nitrogen and oxygen atoms in total. The molecule has 0 radical (unpaired) electrons. The Labute approximate surface area is 107 Å². The van der Waals surface area contributed by atoms with Crippen molar-refractivity contribution >= 4 is 5.69 Å². The molecule has 0 saturated carbocycles. The van der Waals surface area contributed by atoms with Gasteiger partial charge >= 0.3 is 0 Å². The standard InChI is InChI=1S/C14H11F4N/c1-8(9-5-3-2-4-6-9)19-14-12(17)10(15)7-11(16)13(14)18/h2-8,19H,1H3. The zero-order valence-electron chi connectivity index (χ0n) is 10.1. The molecule has 19 heavy (non-hydrogen) atoms. The van der Waals surface area contributed by atoms with Crippen LogP contribution in [0.3, 0.4) is 0 Å².